The summed E-state index contributed by atoms with van der Waals surface area (Å²) < 4.78 is 18.5. The van der Waals surface area contributed by atoms with E-state index >= 15 is 0 Å². The molecule has 1 saturated heterocycles. The molecule has 1 heterocycles. The van der Waals surface area contributed by atoms with Crippen LogP contribution in [0.5, 0.6) is 0 Å². The SMILES string of the molecule is O=C(NCC1CCCO1)c1cccc(-c2ccc(F)cc2)c1. The van der Waals surface area contributed by atoms with Gasteiger partial charge >= 0.3 is 0 Å². The number of rotatable bonds is 4. The first-order chi connectivity index (χ1) is 10.7. The summed E-state index contributed by atoms with van der Waals surface area (Å²) in [6, 6.07) is 13.6. The zero-order valence-corrected chi connectivity index (χ0v) is 12.2. The molecule has 0 aliphatic carbocycles. The van der Waals surface area contributed by atoms with E-state index in [9.17, 15) is 9.18 Å². The number of nitrogens with one attached hydrogen (secondary N) is 1. The van der Waals surface area contributed by atoms with E-state index in [1.165, 1.54) is 12.1 Å². The van der Waals surface area contributed by atoms with Crippen molar-refractivity contribution in [3.8, 4) is 11.1 Å². The highest BCUT2D eigenvalue weighted by molar-refractivity contribution is 5.95. The lowest BCUT2D eigenvalue weighted by atomic mass is 10.0. The van der Waals surface area contributed by atoms with Crippen LogP contribution in [0.3, 0.4) is 0 Å². The number of carbonyl (C=O) groups is 1. The Balaban J connectivity index is 1.69. The van der Waals surface area contributed by atoms with Gasteiger partial charge in [0.25, 0.3) is 5.91 Å². The second-order valence-corrected chi connectivity index (χ2v) is 5.43. The molecular weight excluding hydrogens is 281 g/mol. The largest absolute Gasteiger partial charge is 0.376 e. The third-order valence-electron chi connectivity index (χ3n) is 3.82. The first-order valence-corrected chi connectivity index (χ1v) is 7.48. The number of ether oxygens (including phenoxy) is 1. The quantitative estimate of drug-likeness (QED) is 0.939. The Hall–Kier alpha value is -2.20. The van der Waals surface area contributed by atoms with Crippen LogP contribution in [0.4, 0.5) is 4.39 Å². The van der Waals surface area contributed by atoms with Gasteiger partial charge in [0.2, 0.25) is 0 Å². The van der Waals surface area contributed by atoms with Crippen LogP contribution in [-0.2, 0) is 4.74 Å². The van der Waals surface area contributed by atoms with Crippen molar-refractivity contribution in [1.29, 1.82) is 0 Å². The highest BCUT2D eigenvalue weighted by atomic mass is 19.1. The van der Waals surface area contributed by atoms with Gasteiger partial charge in [0.05, 0.1) is 6.10 Å². The van der Waals surface area contributed by atoms with Gasteiger partial charge in [-0.1, -0.05) is 24.3 Å². The molecule has 1 N–H and O–H groups in total. The average molecular weight is 299 g/mol. The van der Waals surface area contributed by atoms with E-state index in [4.69, 9.17) is 4.74 Å². The molecule has 4 heteroatoms. The number of halogens is 1. The van der Waals surface area contributed by atoms with E-state index in [2.05, 4.69) is 5.32 Å². The van der Waals surface area contributed by atoms with E-state index in [0.717, 1.165) is 30.6 Å². The summed E-state index contributed by atoms with van der Waals surface area (Å²) in [6.45, 7) is 1.32. The molecule has 3 rings (SSSR count). The number of carbonyl (C=O) groups excluding carboxylic acids is 1. The highest BCUT2D eigenvalue weighted by Gasteiger charge is 2.16. The molecule has 1 aliphatic heterocycles. The zero-order chi connectivity index (χ0) is 15.4. The molecule has 0 bridgehead atoms. The topological polar surface area (TPSA) is 38.3 Å². The fourth-order valence-corrected chi connectivity index (χ4v) is 2.60. The average Bonchev–Trinajstić information content (AvgIpc) is 3.07. The van der Waals surface area contributed by atoms with Crippen molar-refractivity contribution >= 4 is 5.91 Å². The fraction of sp³-hybridized carbons (Fsp3) is 0.278. The lowest BCUT2D eigenvalue weighted by Gasteiger charge is -2.11. The molecule has 2 aromatic carbocycles. The van der Waals surface area contributed by atoms with Gasteiger partial charge in [-0.2, -0.15) is 0 Å². The summed E-state index contributed by atoms with van der Waals surface area (Å²) in [5.74, 6) is -0.381. The maximum Gasteiger partial charge on any atom is 0.251 e. The van der Waals surface area contributed by atoms with Gasteiger partial charge < -0.3 is 10.1 Å². The molecule has 1 unspecified atom stereocenters. The maximum absolute atomic E-state index is 13.0. The summed E-state index contributed by atoms with van der Waals surface area (Å²) in [7, 11) is 0. The van der Waals surface area contributed by atoms with Crippen molar-refractivity contribution in [3.63, 3.8) is 0 Å². The molecule has 2 aromatic rings. The van der Waals surface area contributed by atoms with Crippen LogP contribution in [-0.4, -0.2) is 25.2 Å². The van der Waals surface area contributed by atoms with Gasteiger partial charge in [0.15, 0.2) is 0 Å². The minimum atomic E-state index is -0.269. The normalized spacial score (nSPS) is 17.4. The second-order valence-electron chi connectivity index (χ2n) is 5.43. The molecule has 0 aromatic heterocycles. The van der Waals surface area contributed by atoms with Gasteiger partial charge in [-0.15, -0.1) is 0 Å². The van der Waals surface area contributed by atoms with Crippen molar-refractivity contribution in [2.75, 3.05) is 13.2 Å². The highest BCUT2D eigenvalue weighted by Crippen LogP contribution is 2.21. The van der Waals surface area contributed by atoms with Crippen molar-refractivity contribution in [2.24, 2.45) is 0 Å². The molecule has 1 amide bonds. The van der Waals surface area contributed by atoms with Crippen LogP contribution < -0.4 is 5.32 Å². The van der Waals surface area contributed by atoms with Gasteiger partial charge in [-0.3, -0.25) is 4.79 Å². The van der Waals surface area contributed by atoms with Gasteiger partial charge in [0, 0.05) is 18.7 Å². The van der Waals surface area contributed by atoms with E-state index < -0.39 is 0 Å². The standard InChI is InChI=1S/C18H18FNO2/c19-16-8-6-13(7-9-16)14-3-1-4-15(11-14)18(21)20-12-17-5-2-10-22-17/h1,3-4,6-9,11,17H,2,5,10,12H2,(H,20,21). The minimum absolute atomic E-state index is 0.112. The lowest BCUT2D eigenvalue weighted by molar-refractivity contribution is 0.0858. The Kier molecular flexibility index (Phi) is 4.49. The molecule has 1 atom stereocenters. The molecule has 0 spiro atoms. The lowest BCUT2D eigenvalue weighted by Crippen LogP contribution is -2.31. The first-order valence-electron chi connectivity index (χ1n) is 7.48. The third-order valence-corrected chi connectivity index (χ3v) is 3.82. The van der Waals surface area contributed by atoms with Crippen LogP contribution in [0.25, 0.3) is 11.1 Å². The van der Waals surface area contributed by atoms with Crippen molar-refractivity contribution < 1.29 is 13.9 Å². The van der Waals surface area contributed by atoms with Gasteiger partial charge in [0.1, 0.15) is 5.82 Å². The predicted molar refractivity (Wildman–Crippen MR) is 83.1 cm³/mol. The molecule has 0 radical (unpaired) electrons. The van der Waals surface area contributed by atoms with E-state index in [1.807, 2.05) is 18.2 Å². The summed E-state index contributed by atoms with van der Waals surface area (Å²) in [6.07, 6.45) is 2.18. The Morgan fingerprint density at radius 3 is 2.73 bits per heavy atom. The zero-order valence-electron chi connectivity index (χ0n) is 12.2. The Morgan fingerprint density at radius 2 is 2.00 bits per heavy atom. The predicted octanol–water partition coefficient (Wildman–Crippen LogP) is 3.40. The molecule has 22 heavy (non-hydrogen) atoms. The van der Waals surface area contributed by atoms with E-state index in [0.29, 0.717) is 12.1 Å². The summed E-state index contributed by atoms with van der Waals surface area (Å²) in [5.41, 5.74) is 2.37. The van der Waals surface area contributed by atoms with Crippen LogP contribution in [0.15, 0.2) is 48.5 Å². The summed E-state index contributed by atoms with van der Waals surface area (Å²) in [5, 5.41) is 2.90. The van der Waals surface area contributed by atoms with E-state index in [1.54, 1.807) is 18.2 Å². The summed E-state index contributed by atoms with van der Waals surface area (Å²) in [4.78, 5) is 12.2. The molecular formula is C18H18FNO2. The van der Waals surface area contributed by atoms with E-state index in [-0.39, 0.29) is 17.8 Å². The third kappa shape index (κ3) is 3.52. The second kappa shape index (κ2) is 6.71. The molecule has 1 fully saturated rings. The van der Waals surface area contributed by atoms with Crippen LogP contribution >= 0.6 is 0 Å². The maximum atomic E-state index is 13.0. The van der Waals surface area contributed by atoms with Gasteiger partial charge in [-0.05, 0) is 48.2 Å². The van der Waals surface area contributed by atoms with Crippen molar-refractivity contribution in [2.45, 2.75) is 18.9 Å². The first kappa shape index (κ1) is 14.7. The fourth-order valence-electron chi connectivity index (χ4n) is 2.60. The number of amides is 1. The molecule has 0 saturated carbocycles. The molecule has 3 nitrogen and oxygen atoms in total. The smallest absolute Gasteiger partial charge is 0.251 e. The number of hydrogen-bond acceptors (Lipinski definition) is 2. The van der Waals surface area contributed by atoms with Crippen LogP contribution in [0.2, 0.25) is 0 Å². The van der Waals surface area contributed by atoms with Crippen LogP contribution in [0.1, 0.15) is 23.2 Å². The monoisotopic (exact) mass is 299 g/mol. The Morgan fingerprint density at radius 1 is 1.18 bits per heavy atom. The molecule has 114 valence electrons. The Labute approximate surface area is 129 Å². The molecule has 1 aliphatic rings. The van der Waals surface area contributed by atoms with Crippen LogP contribution in [0, 0.1) is 5.82 Å². The van der Waals surface area contributed by atoms with Gasteiger partial charge in [-0.25, -0.2) is 4.39 Å². The van der Waals surface area contributed by atoms with Crippen molar-refractivity contribution in [1.82, 2.24) is 5.32 Å². The van der Waals surface area contributed by atoms with Crippen molar-refractivity contribution in [3.05, 3.63) is 59.9 Å². The summed E-state index contributed by atoms with van der Waals surface area (Å²) >= 11 is 0. The Bertz CT molecular complexity index is 648. The minimum Gasteiger partial charge on any atom is -0.376 e. The number of benzene rings is 2. The number of hydrogen-bond donors (Lipinski definition) is 1.